The maximum Gasteiger partial charge on any atom is 0.331 e. The van der Waals surface area contributed by atoms with Gasteiger partial charge in [0.2, 0.25) is 0 Å². The first-order chi connectivity index (χ1) is 7.63. The number of carbonyl (C=O) groups is 1. The number of aliphatic carboxylic acids is 1. The van der Waals surface area contributed by atoms with Crippen LogP contribution in [0.3, 0.4) is 0 Å². The van der Waals surface area contributed by atoms with E-state index >= 15 is 0 Å². The van der Waals surface area contributed by atoms with E-state index in [1.807, 2.05) is 30.3 Å². The summed E-state index contributed by atoms with van der Waals surface area (Å²) in [6, 6.07) is 9.27. The van der Waals surface area contributed by atoms with Crippen LogP contribution in [0.4, 0.5) is 0 Å². The van der Waals surface area contributed by atoms with Crippen molar-refractivity contribution in [2.45, 2.75) is 11.8 Å². The predicted molar refractivity (Wildman–Crippen MR) is 65.4 cm³/mol. The third-order valence-corrected chi connectivity index (χ3v) is 2.44. The molecule has 0 bridgehead atoms. The number of alkyl halides is 1. The molecule has 86 valence electrons. The Balaban J connectivity index is 2.86. The van der Waals surface area contributed by atoms with Gasteiger partial charge < -0.3 is 10.8 Å². The summed E-state index contributed by atoms with van der Waals surface area (Å²) in [5, 5.41) is 8.67. The van der Waals surface area contributed by atoms with E-state index in [4.69, 9.17) is 22.4 Å². The quantitative estimate of drug-likeness (QED) is 0.611. The van der Waals surface area contributed by atoms with Crippen LogP contribution in [0.1, 0.15) is 12.0 Å². The van der Waals surface area contributed by atoms with Crippen molar-refractivity contribution in [1.29, 1.82) is 0 Å². The highest BCUT2D eigenvalue weighted by Crippen LogP contribution is 2.14. The van der Waals surface area contributed by atoms with E-state index in [9.17, 15) is 4.79 Å². The Bertz CT molecular complexity index is 376. The molecule has 0 saturated carbocycles. The van der Waals surface area contributed by atoms with Gasteiger partial charge in [-0.05, 0) is 18.1 Å². The SMILES string of the molecule is NCC(Cl)CC(=Cc1ccccc1)C(=O)O. The Hall–Kier alpha value is -1.32. The van der Waals surface area contributed by atoms with Crippen LogP contribution in [0.2, 0.25) is 0 Å². The zero-order valence-corrected chi connectivity index (χ0v) is 9.52. The first-order valence-corrected chi connectivity index (χ1v) is 5.40. The van der Waals surface area contributed by atoms with E-state index in [-0.39, 0.29) is 23.9 Å². The highest BCUT2D eigenvalue weighted by atomic mass is 35.5. The van der Waals surface area contributed by atoms with Crippen LogP contribution < -0.4 is 5.73 Å². The van der Waals surface area contributed by atoms with E-state index in [0.717, 1.165) is 5.56 Å². The predicted octanol–water partition coefficient (Wildman–Crippen LogP) is 2.11. The Morgan fingerprint density at radius 2 is 2.06 bits per heavy atom. The highest BCUT2D eigenvalue weighted by molar-refractivity contribution is 6.21. The fraction of sp³-hybridized carbons (Fsp3) is 0.250. The van der Waals surface area contributed by atoms with Gasteiger partial charge in [0.1, 0.15) is 0 Å². The van der Waals surface area contributed by atoms with Crippen LogP contribution in [0.25, 0.3) is 6.08 Å². The third-order valence-electron chi connectivity index (χ3n) is 2.11. The van der Waals surface area contributed by atoms with Crippen molar-refractivity contribution in [3.63, 3.8) is 0 Å². The molecule has 3 N–H and O–H groups in total. The summed E-state index contributed by atoms with van der Waals surface area (Å²) in [5.74, 6) is -0.956. The molecule has 3 nitrogen and oxygen atoms in total. The lowest BCUT2D eigenvalue weighted by Gasteiger charge is -2.07. The third kappa shape index (κ3) is 4.04. The van der Waals surface area contributed by atoms with Crippen molar-refractivity contribution in [1.82, 2.24) is 0 Å². The molecule has 0 aliphatic carbocycles. The fourth-order valence-corrected chi connectivity index (χ4v) is 1.45. The van der Waals surface area contributed by atoms with Gasteiger partial charge in [-0.2, -0.15) is 0 Å². The van der Waals surface area contributed by atoms with Crippen LogP contribution in [-0.4, -0.2) is 23.0 Å². The second kappa shape index (κ2) is 6.30. The van der Waals surface area contributed by atoms with Gasteiger partial charge in [-0.1, -0.05) is 30.3 Å². The van der Waals surface area contributed by atoms with Crippen LogP contribution in [0.15, 0.2) is 35.9 Å². The summed E-state index contributed by atoms with van der Waals surface area (Å²) in [6.07, 6.45) is 1.88. The van der Waals surface area contributed by atoms with Gasteiger partial charge in [0.05, 0.1) is 5.38 Å². The average molecular weight is 240 g/mol. The van der Waals surface area contributed by atoms with Crippen LogP contribution in [-0.2, 0) is 4.79 Å². The molecule has 0 aromatic heterocycles. The summed E-state index contributed by atoms with van der Waals surface area (Å²) >= 11 is 5.84. The van der Waals surface area contributed by atoms with Crippen LogP contribution in [0.5, 0.6) is 0 Å². The molecule has 1 unspecified atom stereocenters. The maximum absolute atomic E-state index is 11.0. The lowest BCUT2D eigenvalue weighted by molar-refractivity contribution is -0.132. The molecule has 1 aromatic rings. The van der Waals surface area contributed by atoms with Crippen molar-refractivity contribution in [2.75, 3.05) is 6.54 Å². The topological polar surface area (TPSA) is 63.3 Å². The van der Waals surface area contributed by atoms with E-state index < -0.39 is 5.97 Å². The number of rotatable bonds is 5. The van der Waals surface area contributed by atoms with Crippen molar-refractivity contribution >= 4 is 23.6 Å². The Kier molecular flexibility index (Phi) is 5.02. The number of benzene rings is 1. The van der Waals surface area contributed by atoms with Crippen molar-refractivity contribution in [3.8, 4) is 0 Å². The van der Waals surface area contributed by atoms with Gasteiger partial charge in [0, 0.05) is 12.1 Å². The molecule has 1 aromatic carbocycles. The van der Waals surface area contributed by atoms with Gasteiger partial charge in [-0.3, -0.25) is 0 Å². The van der Waals surface area contributed by atoms with Crippen molar-refractivity contribution in [3.05, 3.63) is 41.5 Å². The minimum Gasteiger partial charge on any atom is -0.478 e. The molecular formula is C12H14ClNO2. The first-order valence-electron chi connectivity index (χ1n) is 4.96. The van der Waals surface area contributed by atoms with Crippen molar-refractivity contribution in [2.24, 2.45) is 5.73 Å². The Labute approximate surface area is 99.5 Å². The molecule has 0 spiro atoms. The molecule has 0 aliphatic rings. The van der Waals surface area contributed by atoms with Crippen molar-refractivity contribution < 1.29 is 9.90 Å². The smallest absolute Gasteiger partial charge is 0.331 e. The van der Waals surface area contributed by atoms with Crippen LogP contribution >= 0.6 is 11.6 Å². The number of hydrogen-bond donors (Lipinski definition) is 2. The van der Waals surface area contributed by atoms with Gasteiger partial charge in [-0.15, -0.1) is 11.6 Å². The molecule has 0 saturated heterocycles. The van der Waals surface area contributed by atoms with E-state index in [1.54, 1.807) is 6.08 Å². The molecule has 1 atom stereocenters. The van der Waals surface area contributed by atoms with Gasteiger partial charge in [0.25, 0.3) is 0 Å². The molecule has 0 fully saturated rings. The fourth-order valence-electron chi connectivity index (χ4n) is 1.28. The number of carboxylic acids is 1. The zero-order chi connectivity index (χ0) is 12.0. The minimum absolute atomic E-state index is 0.265. The van der Waals surface area contributed by atoms with Gasteiger partial charge >= 0.3 is 5.97 Å². The Morgan fingerprint density at radius 1 is 1.44 bits per heavy atom. The normalized spacial score (nSPS) is 13.5. The highest BCUT2D eigenvalue weighted by Gasteiger charge is 2.12. The molecular weight excluding hydrogens is 226 g/mol. The van der Waals surface area contributed by atoms with E-state index in [2.05, 4.69) is 0 Å². The second-order valence-corrected chi connectivity index (χ2v) is 4.04. The number of halogens is 1. The summed E-state index contributed by atoms with van der Waals surface area (Å²) in [6.45, 7) is 0.265. The van der Waals surface area contributed by atoms with Crippen LogP contribution in [0, 0.1) is 0 Å². The zero-order valence-electron chi connectivity index (χ0n) is 8.77. The van der Waals surface area contributed by atoms with Gasteiger partial charge in [-0.25, -0.2) is 4.79 Å². The standard InChI is InChI=1S/C12H14ClNO2/c13-11(8-14)7-10(12(15)16)6-9-4-2-1-3-5-9/h1-6,11H,7-8,14H2,(H,15,16). The molecule has 4 heteroatoms. The summed E-state index contributed by atoms with van der Waals surface area (Å²) in [5.41, 5.74) is 6.48. The largest absolute Gasteiger partial charge is 0.478 e. The first kappa shape index (κ1) is 12.7. The lowest BCUT2D eigenvalue weighted by atomic mass is 10.1. The monoisotopic (exact) mass is 239 g/mol. The number of nitrogens with two attached hydrogens (primary N) is 1. The second-order valence-electron chi connectivity index (χ2n) is 3.42. The molecule has 0 radical (unpaired) electrons. The summed E-state index contributed by atoms with van der Waals surface area (Å²) in [7, 11) is 0. The molecule has 1 rings (SSSR count). The minimum atomic E-state index is -0.956. The molecule has 0 heterocycles. The van der Waals surface area contributed by atoms with Gasteiger partial charge in [0.15, 0.2) is 0 Å². The summed E-state index contributed by atoms with van der Waals surface area (Å²) < 4.78 is 0. The molecule has 0 aliphatic heterocycles. The lowest BCUT2D eigenvalue weighted by Crippen LogP contribution is -2.17. The average Bonchev–Trinajstić information content (AvgIpc) is 2.29. The number of carboxylic acid groups (broad SMARTS) is 1. The molecule has 16 heavy (non-hydrogen) atoms. The molecule has 0 amide bonds. The Morgan fingerprint density at radius 3 is 2.56 bits per heavy atom. The van der Waals surface area contributed by atoms with E-state index in [1.165, 1.54) is 0 Å². The van der Waals surface area contributed by atoms with E-state index in [0.29, 0.717) is 0 Å². The number of hydrogen-bond acceptors (Lipinski definition) is 2. The maximum atomic E-state index is 11.0. The summed E-state index contributed by atoms with van der Waals surface area (Å²) in [4.78, 5) is 11.0.